The fourth-order valence-corrected chi connectivity index (χ4v) is 2.02. The van der Waals surface area contributed by atoms with E-state index in [4.69, 9.17) is 4.42 Å². The van der Waals surface area contributed by atoms with Gasteiger partial charge in [0.1, 0.15) is 0 Å². The first-order chi connectivity index (χ1) is 9.63. The summed E-state index contributed by atoms with van der Waals surface area (Å²) < 4.78 is 5.87. The van der Waals surface area contributed by atoms with Crippen LogP contribution in [0.3, 0.4) is 0 Å². The largest absolute Gasteiger partial charge is 0.406 e. The second-order valence-electron chi connectivity index (χ2n) is 5.40. The van der Waals surface area contributed by atoms with E-state index in [1.807, 2.05) is 0 Å². The molecule has 20 heavy (non-hydrogen) atoms. The Morgan fingerprint density at radius 3 is 2.50 bits per heavy atom. The van der Waals surface area contributed by atoms with Crippen molar-refractivity contribution in [1.29, 1.82) is 0 Å². The summed E-state index contributed by atoms with van der Waals surface area (Å²) >= 11 is 0. The zero-order valence-electron chi connectivity index (χ0n) is 13.6. The van der Waals surface area contributed by atoms with E-state index >= 15 is 0 Å². The Hall–Kier alpha value is -1.10. The molecule has 5 nitrogen and oxygen atoms in total. The van der Waals surface area contributed by atoms with Crippen LogP contribution in [0, 0.1) is 0 Å². The average molecular weight is 282 g/mol. The third-order valence-corrected chi connectivity index (χ3v) is 3.62. The summed E-state index contributed by atoms with van der Waals surface area (Å²) in [5, 5.41) is 11.8. The van der Waals surface area contributed by atoms with Gasteiger partial charge in [-0.05, 0) is 39.7 Å². The number of rotatable bonds is 10. The van der Waals surface area contributed by atoms with Gasteiger partial charge in [-0.15, -0.1) is 5.10 Å². The second kappa shape index (κ2) is 8.95. The summed E-state index contributed by atoms with van der Waals surface area (Å²) in [4.78, 5) is 2.23. The molecule has 0 fully saturated rings. The van der Waals surface area contributed by atoms with E-state index in [1.54, 1.807) is 0 Å². The van der Waals surface area contributed by atoms with Gasteiger partial charge in [0.05, 0.1) is 6.04 Å². The SMILES string of the molecule is CCCCN(c1nnc(C(C)NCCC)o1)C(C)CC. The highest BCUT2D eigenvalue weighted by Crippen LogP contribution is 2.20. The first-order valence-corrected chi connectivity index (χ1v) is 7.97. The molecule has 0 saturated carbocycles. The lowest BCUT2D eigenvalue weighted by Gasteiger charge is -2.26. The van der Waals surface area contributed by atoms with Gasteiger partial charge in [0, 0.05) is 12.6 Å². The number of hydrogen-bond donors (Lipinski definition) is 1. The molecule has 116 valence electrons. The highest BCUT2D eigenvalue weighted by molar-refractivity contribution is 5.26. The Kier molecular flexibility index (Phi) is 7.59. The van der Waals surface area contributed by atoms with Crippen LogP contribution < -0.4 is 10.2 Å². The van der Waals surface area contributed by atoms with Gasteiger partial charge in [-0.2, -0.15) is 0 Å². The lowest BCUT2D eigenvalue weighted by atomic mass is 10.2. The molecule has 1 aromatic rings. The predicted molar refractivity (Wildman–Crippen MR) is 83.0 cm³/mol. The number of nitrogens with zero attached hydrogens (tertiary/aromatic N) is 3. The van der Waals surface area contributed by atoms with Crippen molar-refractivity contribution in [2.45, 2.75) is 72.4 Å². The molecule has 0 aliphatic carbocycles. The van der Waals surface area contributed by atoms with Crippen molar-refractivity contribution < 1.29 is 4.42 Å². The quantitative estimate of drug-likeness (QED) is 0.711. The minimum atomic E-state index is 0.112. The molecule has 0 radical (unpaired) electrons. The molecule has 1 aromatic heterocycles. The number of aromatic nitrogens is 2. The Labute approximate surface area is 123 Å². The molecule has 1 rings (SSSR count). The second-order valence-corrected chi connectivity index (χ2v) is 5.40. The average Bonchev–Trinajstić information content (AvgIpc) is 2.94. The van der Waals surface area contributed by atoms with Crippen molar-refractivity contribution in [3.05, 3.63) is 5.89 Å². The van der Waals surface area contributed by atoms with Crippen LogP contribution in [0.2, 0.25) is 0 Å². The molecule has 1 heterocycles. The summed E-state index contributed by atoms with van der Waals surface area (Å²) in [7, 11) is 0. The van der Waals surface area contributed by atoms with Crippen LogP contribution in [0.25, 0.3) is 0 Å². The molecule has 0 aromatic carbocycles. The maximum Gasteiger partial charge on any atom is 0.318 e. The van der Waals surface area contributed by atoms with Gasteiger partial charge in [-0.3, -0.25) is 0 Å². The molecule has 5 heteroatoms. The van der Waals surface area contributed by atoms with Crippen LogP contribution in [0.5, 0.6) is 0 Å². The predicted octanol–water partition coefficient (Wildman–Crippen LogP) is 3.54. The monoisotopic (exact) mass is 282 g/mol. The molecule has 0 aliphatic rings. The van der Waals surface area contributed by atoms with Gasteiger partial charge >= 0.3 is 6.01 Å². The maximum absolute atomic E-state index is 5.87. The number of nitrogens with one attached hydrogen (secondary N) is 1. The van der Waals surface area contributed by atoms with E-state index in [0.29, 0.717) is 17.9 Å². The van der Waals surface area contributed by atoms with Gasteiger partial charge < -0.3 is 14.6 Å². The topological polar surface area (TPSA) is 54.2 Å². The fourth-order valence-electron chi connectivity index (χ4n) is 2.02. The smallest absolute Gasteiger partial charge is 0.318 e. The third-order valence-electron chi connectivity index (χ3n) is 3.62. The van der Waals surface area contributed by atoms with Crippen LogP contribution in [0.4, 0.5) is 6.01 Å². The summed E-state index contributed by atoms with van der Waals surface area (Å²) in [6.07, 6.45) is 4.49. The van der Waals surface area contributed by atoms with Crippen molar-refractivity contribution in [2.24, 2.45) is 0 Å². The van der Waals surface area contributed by atoms with Crippen LogP contribution in [-0.2, 0) is 0 Å². The lowest BCUT2D eigenvalue weighted by Crippen LogP contribution is -2.33. The molecule has 0 saturated heterocycles. The first-order valence-electron chi connectivity index (χ1n) is 7.97. The first kappa shape index (κ1) is 17.0. The highest BCUT2D eigenvalue weighted by atomic mass is 16.4. The van der Waals surface area contributed by atoms with E-state index in [-0.39, 0.29) is 6.04 Å². The van der Waals surface area contributed by atoms with Gasteiger partial charge in [0.15, 0.2) is 0 Å². The number of anilines is 1. The lowest BCUT2D eigenvalue weighted by molar-refractivity contribution is 0.405. The van der Waals surface area contributed by atoms with Gasteiger partial charge in [-0.25, -0.2) is 0 Å². The Morgan fingerprint density at radius 2 is 1.90 bits per heavy atom. The van der Waals surface area contributed by atoms with Crippen molar-refractivity contribution >= 4 is 6.01 Å². The standard InChI is InChI=1S/C15H30N4O/c1-6-9-11-19(12(4)8-3)15-18-17-14(20-15)13(5)16-10-7-2/h12-13,16H,6-11H2,1-5H3. The Balaban J connectivity index is 2.74. The molecule has 1 N–H and O–H groups in total. The molecular weight excluding hydrogens is 252 g/mol. The molecule has 0 amide bonds. The minimum Gasteiger partial charge on any atom is -0.406 e. The summed E-state index contributed by atoms with van der Waals surface area (Å²) in [6, 6.07) is 1.20. The zero-order valence-corrected chi connectivity index (χ0v) is 13.6. The molecule has 2 atom stereocenters. The van der Waals surface area contributed by atoms with E-state index in [0.717, 1.165) is 32.4 Å². The van der Waals surface area contributed by atoms with E-state index in [1.165, 1.54) is 6.42 Å². The maximum atomic E-state index is 5.87. The summed E-state index contributed by atoms with van der Waals surface area (Å²) in [5.74, 6) is 0.679. The number of unbranched alkanes of at least 4 members (excludes halogenated alkanes) is 1. The molecule has 0 spiro atoms. The fraction of sp³-hybridized carbons (Fsp3) is 0.867. The van der Waals surface area contributed by atoms with Crippen molar-refractivity contribution in [2.75, 3.05) is 18.0 Å². The van der Waals surface area contributed by atoms with Crippen molar-refractivity contribution in [3.8, 4) is 0 Å². The zero-order chi connectivity index (χ0) is 15.0. The van der Waals surface area contributed by atoms with Gasteiger partial charge in [0.2, 0.25) is 5.89 Å². The minimum absolute atomic E-state index is 0.112. The van der Waals surface area contributed by atoms with Crippen LogP contribution in [-0.4, -0.2) is 29.3 Å². The van der Waals surface area contributed by atoms with Gasteiger partial charge in [0.25, 0.3) is 0 Å². The number of hydrogen-bond acceptors (Lipinski definition) is 5. The Bertz CT molecular complexity index is 367. The normalized spacial score (nSPS) is 14.2. The summed E-state index contributed by atoms with van der Waals surface area (Å²) in [5.41, 5.74) is 0. The van der Waals surface area contributed by atoms with Crippen LogP contribution in [0.15, 0.2) is 4.42 Å². The van der Waals surface area contributed by atoms with Crippen LogP contribution in [0.1, 0.15) is 72.2 Å². The molecule has 2 unspecified atom stereocenters. The van der Waals surface area contributed by atoms with E-state index < -0.39 is 0 Å². The van der Waals surface area contributed by atoms with E-state index in [9.17, 15) is 0 Å². The molecule has 0 aliphatic heterocycles. The van der Waals surface area contributed by atoms with Gasteiger partial charge in [-0.1, -0.05) is 32.3 Å². The van der Waals surface area contributed by atoms with Crippen molar-refractivity contribution in [1.82, 2.24) is 15.5 Å². The Morgan fingerprint density at radius 1 is 1.15 bits per heavy atom. The highest BCUT2D eigenvalue weighted by Gasteiger charge is 2.20. The summed E-state index contributed by atoms with van der Waals surface area (Å²) in [6.45, 7) is 12.7. The molecule has 0 bridgehead atoms. The van der Waals surface area contributed by atoms with Crippen LogP contribution >= 0.6 is 0 Å². The third kappa shape index (κ3) is 4.78. The van der Waals surface area contributed by atoms with E-state index in [2.05, 4.69) is 55.0 Å². The van der Waals surface area contributed by atoms with Crippen molar-refractivity contribution in [3.63, 3.8) is 0 Å². The molecular formula is C15H30N4O.